The maximum Gasteiger partial charge on any atom is 0.236 e. The Hall–Kier alpha value is -2.28. The van der Waals surface area contributed by atoms with Crippen LogP contribution in [0.15, 0.2) is 41.6 Å². The van der Waals surface area contributed by atoms with E-state index in [1.807, 2.05) is 30.0 Å². The van der Waals surface area contributed by atoms with E-state index in [2.05, 4.69) is 33.4 Å². The number of thioether (sulfide) groups is 1. The highest BCUT2D eigenvalue weighted by Gasteiger charge is 2.26. The lowest BCUT2D eigenvalue weighted by atomic mass is 9.99. The fourth-order valence-corrected chi connectivity index (χ4v) is 3.65. The van der Waals surface area contributed by atoms with E-state index in [0.717, 1.165) is 19.4 Å². The Balaban J connectivity index is 1.64. The molecule has 1 aromatic heterocycles. The van der Waals surface area contributed by atoms with Crippen molar-refractivity contribution in [1.82, 2.24) is 20.1 Å². The first-order valence-electron chi connectivity index (χ1n) is 8.05. The first kappa shape index (κ1) is 16.6. The van der Waals surface area contributed by atoms with E-state index in [0.29, 0.717) is 11.7 Å². The summed E-state index contributed by atoms with van der Waals surface area (Å²) in [6.45, 7) is 3.39. The molecule has 0 spiro atoms. The van der Waals surface area contributed by atoms with Gasteiger partial charge in [-0.15, -0.1) is 5.10 Å². The molecule has 0 radical (unpaired) electrons. The number of benzene rings is 1. The number of nitrogens with two attached hydrogens (primary N) is 1. The topological polar surface area (TPSA) is 87.9 Å². The van der Waals surface area contributed by atoms with Gasteiger partial charge < -0.3 is 10.6 Å². The van der Waals surface area contributed by atoms with Gasteiger partial charge in [-0.3, -0.25) is 4.79 Å². The highest BCUT2D eigenvalue weighted by Crippen LogP contribution is 2.27. The van der Waals surface area contributed by atoms with Crippen molar-refractivity contribution in [3.8, 4) is 0 Å². The first-order valence-corrected chi connectivity index (χ1v) is 8.93. The first-order chi connectivity index (χ1) is 11.7. The average molecular weight is 343 g/mol. The third-order valence-corrected chi connectivity index (χ3v) is 5.25. The molecule has 2 aromatic rings. The van der Waals surface area contributed by atoms with Crippen LogP contribution in [-0.4, -0.2) is 44.3 Å². The molecule has 1 aliphatic rings. The number of hydrogen-bond donors (Lipinski definition) is 2. The van der Waals surface area contributed by atoms with E-state index in [1.54, 1.807) is 0 Å². The summed E-state index contributed by atoms with van der Waals surface area (Å²) in [5.74, 6) is 0.405. The van der Waals surface area contributed by atoms with Gasteiger partial charge in [-0.25, -0.2) is 5.10 Å². The Morgan fingerprint density at radius 3 is 2.79 bits per heavy atom. The third-order valence-electron chi connectivity index (χ3n) is 4.04. The summed E-state index contributed by atoms with van der Waals surface area (Å²) in [7, 11) is 0. The maximum atomic E-state index is 12.8. The number of hydrogen-bond acceptors (Lipinski definition) is 5. The van der Waals surface area contributed by atoms with Crippen LogP contribution in [0.5, 0.6) is 0 Å². The molecule has 1 amide bonds. The fourth-order valence-electron chi connectivity index (χ4n) is 2.73. The van der Waals surface area contributed by atoms with Crippen molar-refractivity contribution in [2.75, 3.05) is 18.8 Å². The molecule has 1 atom stereocenters. The molecule has 1 aromatic carbocycles. The number of amides is 1. The second-order valence-electron chi connectivity index (χ2n) is 5.65. The summed E-state index contributed by atoms with van der Waals surface area (Å²) < 4.78 is 0. The summed E-state index contributed by atoms with van der Waals surface area (Å²) in [4.78, 5) is 18.7. The summed E-state index contributed by atoms with van der Waals surface area (Å²) in [5.41, 5.74) is 8.09. The van der Waals surface area contributed by atoms with Gasteiger partial charge in [0.1, 0.15) is 0 Å². The van der Waals surface area contributed by atoms with Crippen molar-refractivity contribution in [3.63, 3.8) is 0 Å². The predicted octanol–water partition coefficient (Wildman–Crippen LogP) is 2.57. The van der Waals surface area contributed by atoms with Crippen LogP contribution in [0, 0.1) is 0 Å². The molecular weight excluding hydrogens is 322 g/mol. The number of nitrogens with one attached hydrogen (secondary N) is 1. The van der Waals surface area contributed by atoms with Gasteiger partial charge in [0.2, 0.25) is 17.0 Å². The van der Waals surface area contributed by atoms with Crippen molar-refractivity contribution < 1.29 is 4.79 Å². The number of aromatic nitrogens is 3. The Bertz CT molecular complexity index is 728. The largest absolute Gasteiger partial charge is 0.368 e. The number of carbonyl (C=O) groups is 1. The number of anilines is 1. The summed E-state index contributed by atoms with van der Waals surface area (Å²) in [6, 6.07) is 10.3. The van der Waals surface area contributed by atoms with Crippen LogP contribution in [0.2, 0.25) is 0 Å². The number of aromatic amines is 1. The second-order valence-corrected chi connectivity index (χ2v) is 6.82. The molecule has 7 heteroatoms. The highest BCUT2D eigenvalue weighted by molar-refractivity contribution is 8.00. The molecule has 0 unspecified atom stereocenters. The number of nitrogens with zero attached hydrogens (tertiary/aromatic N) is 3. The molecule has 3 rings (SSSR count). The van der Waals surface area contributed by atoms with Crippen molar-refractivity contribution in [2.45, 2.75) is 30.2 Å². The van der Waals surface area contributed by atoms with E-state index in [4.69, 9.17) is 5.73 Å². The van der Waals surface area contributed by atoms with Crippen LogP contribution in [0.1, 0.15) is 25.3 Å². The lowest BCUT2D eigenvalue weighted by molar-refractivity contribution is -0.130. The molecule has 0 aliphatic carbocycles. The minimum Gasteiger partial charge on any atom is -0.368 e. The standard InChI is InChI=1S/C17H21N5OS/c1-2-14(24-17-19-16(18)20-21-17)15(23)22-10-8-13(9-11-22)12-6-4-3-5-7-12/h3-8,14H,2,9-11H2,1H3,(H3,18,19,20,21)/t14-/m0/s1. The van der Waals surface area contributed by atoms with Crippen LogP contribution in [0.4, 0.5) is 5.95 Å². The quantitative estimate of drug-likeness (QED) is 0.815. The van der Waals surface area contributed by atoms with E-state index >= 15 is 0 Å². The Morgan fingerprint density at radius 2 is 2.21 bits per heavy atom. The van der Waals surface area contributed by atoms with E-state index in [-0.39, 0.29) is 17.1 Å². The molecule has 24 heavy (non-hydrogen) atoms. The van der Waals surface area contributed by atoms with Crippen molar-refractivity contribution in [2.24, 2.45) is 0 Å². The van der Waals surface area contributed by atoms with Gasteiger partial charge in [0.25, 0.3) is 0 Å². The molecule has 6 nitrogen and oxygen atoms in total. The minimum atomic E-state index is -0.188. The fraction of sp³-hybridized carbons (Fsp3) is 0.353. The third kappa shape index (κ3) is 3.79. The average Bonchev–Trinajstić information content (AvgIpc) is 3.05. The van der Waals surface area contributed by atoms with Crippen LogP contribution in [-0.2, 0) is 4.79 Å². The monoisotopic (exact) mass is 343 g/mol. The van der Waals surface area contributed by atoms with Gasteiger partial charge in [-0.2, -0.15) is 4.98 Å². The maximum absolute atomic E-state index is 12.8. The molecule has 2 heterocycles. The van der Waals surface area contributed by atoms with Gasteiger partial charge in [-0.05, 0) is 24.0 Å². The van der Waals surface area contributed by atoms with E-state index in [9.17, 15) is 4.79 Å². The van der Waals surface area contributed by atoms with Gasteiger partial charge >= 0.3 is 0 Å². The summed E-state index contributed by atoms with van der Waals surface area (Å²) >= 11 is 1.36. The summed E-state index contributed by atoms with van der Waals surface area (Å²) in [6.07, 6.45) is 3.76. The molecule has 3 N–H and O–H groups in total. The van der Waals surface area contributed by atoms with Crippen molar-refractivity contribution >= 4 is 29.2 Å². The minimum absolute atomic E-state index is 0.134. The Kier molecular flexibility index (Phi) is 5.20. The lowest BCUT2D eigenvalue weighted by Crippen LogP contribution is -2.40. The highest BCUT2D eigenvalue weighted by atomic mass is 32.2. The molecule has 0 saturated heterocycles. The smallest absolute Gasteiger partial charge is 0.236 e. The molecule has 0 bridgehead atoms. The Morgan fingerprint density at radius 1 is 1.42 bits per heavy atom. The second kappa shape index (κ2) is 7.53. The number of rotatable bonds is 5. The molecular formula is C17H21N5OS. The van der Waals surface area contributed by atoms with Crippen LogP contribution < -0.4 is 5.73 Å². The van der Waals surface area contributed by atoms with Gasteiger partial charge in [0, 0.05) is 13.1 Å². The van der Waals surface area contributed by atoms with Crippen molar-refractivity contribution in [3.05, 3.63) is 42.0 Å². The normalized spacial score (nSPS) is 15.9. The van der Waals surface area contributed by atoms with Crippen molar-refractivity contribution in [1.29, 1.82) is 0 Å². The zero-order valence-electron chi connectivity index (χ0n) is 13.6. The number of carbonyl (C=O) groups excluding carboxylic acids is 1. The van der Waals surface area contributed by atoms with Gasteiger partial charge in [0.05, 0.1) is 5.25 Å². The lowest BCUT2D eigenvalue weighted by Gasteiger charge is -2.29. The zero-order valence-corrected chi connectivity index (χ0v) is 14.4. The zero-order chi connectivity index (χ0) is 16.9. The summed E-state index contributed by atoms with van der Waals surface area (Å²) in [5, 5.41) is 6.93. The SMILES string of the molecule is CC[C@H](Sc1n[nH]c(N)n1)C(=O)N1CC=C(c2ccccc2)CC1. The predicted molar refractivity (Wildman–Crippen MR) is 96.3 cm³/mol. The van der Waals surface area contributed by atoms with E-state index < -0.39 is 0 Å². The molecule has 0 saturated carbocycles. The van der Waals surface area contributed by atoms with Gasteiger partial charge in [0.15, 0.2) is 0 Å². The Labute approximate surface area is 145 Å². The molecule has 0 fully saturated rings. The van der Waals surface area contributed by atoms with Crippen LogP contribution in [0.3, 0.4) is 0 Å². The molecule has 1 aliphatic heterocycles. The van der Waals surface area contributed by atoms with E-state index in [1.165, 1.54) is 22.9 Å². The molecule has 126 valence electrons. The van der Waals surface area contributed by atoms with Crippen LogP contribution >= 0.6 is 11.8 Å². The number of H-pyrrole nitrogens is 1. The van der Waals surface area contributed by atoms with Gasteiger partial charge in [-0.1, -0.05) is 55.1 Å². The van der Waals surface area contributed by atoms with Crippen LogP contribution in [0.25, 0.3) is 5.57 Å². The number of nitrogen functional groups attached to an aromatic ring is 1.